The first kappa shape index (κ1) is 23.2. The molecule has 0 saturated carbocycles. The lowest BCUT2D eigenvalue weighted by molar-refractivity contribution is 0.370. The Bertz CT molecular complexity index is 787. The van der Waals surface area contributed by atoms with Crippen LogP contribution in [0.4, 0.5) is 11.6 Å². The zero-order valence-electron chi connectivity index (χ0n) is 17.8. The normalized spacial score (nSPS) is 14.4. The van der Waals surface area contributed by atoms with Gasteiger partial charge in [0, 0.05) is 64.9 Å². The van der Waals surface area contributed by atoms with Gasteiger partial charge in [-0.2, -0.15) is 0 Å². The zero-order chi connectivity index (χ0) is 19.9. The summed E-state index contributed by atoms with van der Waals surface area (Å²) in [6, 6.07) is 8.41. The van der Waals surface area contributed by atoms with Crippen molar-refractivity contribution in [2.24, 2.45) is 4.99 Å². The predicted octanol–water partition coefficient (Wildman–Crippen LogP) is 2.76. The van der Waals surface area contributed by atoms with Crippen LogP contribution in [0.15, 0.2) is 41.7 Å². The van der Waals surface area contributed by atoms with E-state index >= 15 is 0 Å². The Morgan fingerprint density at radius 3 is 2.41 bits per heavy atom. The van der Waals surface area contributed by atoms with Crippen LogP contribution in [0.25, 0.3) is 0 Å². The number of benzene rings is 1. The molecule has 0 aliphatic carbocycles. The van der Waals surface area contributed by atoms with Gasteiger partial charge in [0.15, 0.2) is 5.96 Å². The van der Waals surface area contributed by atoms with E-state index in [1.165, 1.54) is 16.8 Å². The molecule has 8 heteroatoms. The third kappa shape index (κ3) is 6.19. The Balaban J connectivity index is 0.00000300. The summed E-state index contributed by atoms with van der Waals surface area (Å²) < 4.78 is 0. The maximum Gasteiger partial charge on any atom is 0.225 e. The molecule has 7 nitrogen and oxygen atoms in total. The molecule has 3 rings (SSSR count). The summed E-state index contributed by atoms with van der Waals surface area (Å²) in [6.07, 6.45) is 3.59. The van der Waals surface area contributed by atoms with Crippen LogP contribution in [0.2, 0.25) is 0 Å². The minimum atomic E-state index is 0. The third-order valence-corrected chi connectivity index (χ3v) is 4.99. The van der Waals surface area contributed by atoms with Crippen molar-refractivity contribution in [3.63, 3.8) is 0 Å². The predicted molar refractivity (Wildman–Crippen MR) is 132 cm³/mol. The van der Waals surface area contributed by atoms with Gasteiger partial charge in [0.2, 0.25) is 5.95 Å². The first-order chi connectivity index (χ1) is 13.6. The van der Waals surface area contributed by atoms with Gasteiger partial charge in [0.25, 0.3) is 0 Å². The van der Waals surface area contributed by atoms with Crippen molar-refractivity contribution in [3.8, 4) is 0 Å². The number of anilines is 2. The fourth-order valence-corrected chi connectivity index (χ4v) is 3.29. The van der Waals surface area contributed by atoms with Gasteiger partial charge in [-0.3, -0.25) is 0 Å². The average Bonchev–Trinajstić information content (AvgIpc) is 2.72. The summed E-state index contributed by atoms with van der Waals surface area (Å²) >= 11 is 0. The highest BCUT2D eigenvalue weighted by atomic mass is 127. The number of nitrogens with zero attached hydrogens (tertiary/aromatic N) is 6. The molecule has 29 heavy (non-hydrogen) atoms. The van der Waals surface area contributed by atoms with Gasteiger partial charge >= 0.3 is 0 Å². The van der Waals surface area contributed by atoms with Crippen LogP contribution in [0.3, 0.4) is 0 Å². The summed E-state index contributed by atoms with van der Waals surface area (Å²) in [6.45, 7) is 9.41. The van der Waals surface area contributed by atoms with E-state index < -0.39 is 0 Å². The maximum atomic E-state index is 4.91. The molecule has 1 aliphatic rings. The third-order valence-electron chi connectivity index (χ3n) is 4.99. The number of guanidine groups is 1. The molecule has 0 atom stereocenters. The molecule has 1 aromatic carbocycles. The maximum absolute atomic E-state index is 4.91. The largest absolute Gasteiger partial charge is 0.378 e. The minimum absolute atomic E-state index is 0. The number of aromatic nitrogens is 2. The topological polar surface area (TPSA) is 59.9 Å². The summed E-state index contributed by atoms with van der Waals surface area (Å²) in [5.41, 5.74) is 3.76. The second-order valence-corrected chi connectivity index (χ2v) is 7.20. The molecule has 1 aromatic heterocycles. The molecule has 1 fully saturated rings. The van der Waals surface area contributed by atoms with Crippen molar-refractivity contribution in [2.45, 2.75) is 20.4 Å². The van der Waals surface area contributed by atoms with Crippen molar-refractivity contribution >= 4 is 41.6 Å². The quantitative estimate of drug-likeness (QED) is 0.380. The summed E-state index contributed by atoms with van der Waals surface area (Å²) in [5, 5.41) is 3.44. The first-order valence-corrected chi connectivity index (χ1v) is 9.90. The molecule has 1 saturated heterocycles. The molecule has 2 aromatic rings. The Morgan fingerprint density at radius 2 is 1.83 bits per heavy atom. The van der Waals surface area contributed by atoms with Crippen LogP contribution >= 0.6 is 24.0 Å². The van der Waals surface area contributed by atoms with E-state index in [0.29, 0.717) is 6.54 Å². The standard InChI is InChI=1S/C21H31N7.HI/c1-5-22-20(25-16-18-7-8-19(26(3)4)15-17(18)2)27-11-13-28(14-12-27)21-23-9-6-10-24-21;/h6-10,15H,5,11-14,16H2,1-4H3,(H,22,25);1H. The molecule has 0 unspecified atom stereocenters. The Labute approximate surface area is 191 Å². The second kappa shape index (κ2) is 11.2. The van der Waals surface area contributed by atoms with Gasteiger partial charge < -0.3 is 20.0 Å². The van der Waals surface area contributed by atoms with Gasteiger partial charge in [0.1, 0.15) is 0 Å². The number of hydrogen-bond donors (Lipinski definition) is 1. The molecule has 0 radical (unpaired) electrons. The molecule has 0 amide bonds. The number of aryl methyl sites for hydroxylation is 1. The number of piperazine rings is 1. The van der Waals surface area contributed by atoms with Crippen LogP contribution < -0.4 is 15.1 Å². The highest BCUT2D eigenvalue weighted by molar-refractivity contribution is 14.0. The van der Waals surface area contributed by atoms with Crippen LogP contribution in [0.5, 0.6) is 0 Å². The van der Waals surface area contributed by atoms with E-state index in [9.17, 15) is 0 Å². The second-order valence-electron chi connectivity index (χ2n) is 7.20. The number of aliphatic imine (C=N–C) groups is 1. The molecule has 1 aliphatic heterocycles. The Hall–Kier alpha value is -2.10. The minimum Gasteiger partial charge on any atom is -0.378 e. The molecule has 1 N–H and O–H groups in total. The van der Waals surface area contributed by atoms with Gasteiger partial charge in [-0.1, -0.05) is 6.07 Å². The summed E-state index contributed by atoms with van der Waals surface area (Å²) in [4.78, 5) is 20.3. The van der Waals surface area contributed by atoms with Crippen LogP contribution in [0, 0.1) is 6.92 Å². The lowest BCUT2D eigenvalue weighted by atomic mass is 10.1. The van der Waals surface area contributed by atoms with Crippen molar-refractivity contribution in [1.82, 2.24) is 20.2 Å². The summed E-state index contributed by atoms with van der Waals surface area (Å²) in [7, 11) is 4.13. The highest BCUT2D eigenvalue weighted by Crippen LogP contribution is 2.18. The number of halogens is 1. The van der Waals surface area contributed by atoms with E-state index in [2.05, 4.69) is 76.1 Å². The van der Waals surface area contributed by atoms with Crippen molar-refractivity contribution in [2.75, 3.05) is 56.6 Å². The smallest absolute Gasteiger partial charge is 0.225 e. The van der Waals surface area contributed by atoms with Gasteiger partial charge in [-0.15, -0.1) is 24.0 Å². The molecule has 158 valence electrons. The zero-order valence-corrected chi connectivity index (χ0v) is 20.1. The van der Waals surface area contributed by atoms with Crippen molar-refractivity contribution in [3.05, 3.63) is 47.8 Å². The van der Waals surface area contributed by atoms with E-state index in [1.54, 1.807) is 12.4 Å². The molecule has 0 bridgehead atoms. The van der Waals surface area contributed by atoms with E-state index in [-0.39, 0.29) is 24.0 Å². The SMILES string of the molecule is CCNC(=NCc1ccc(N(C)C)cc1C)N1CCN(c2ncccn2)CC1.I. The van der Waals surface area contributed by atoms with E-state index in [4.69, 9.17) is 4.99 Å². The number of rotatable bonds is 5. The fourth-order valence-electron chi connectivity index (χ4n) is 3.29. The monoisotopic (exact) mass is 509 g/mol. The molecule has 0 spiro atoms. The van der Waals surface area contributed by atoms with E-state index in [0.717, 1.165) is 44.6 Å². The van der Waals surface area contributed by atoms with Crippen LogP contribution in [0.1, 0.15) is 18.1 Å². The number of hydrogen-bond acceptors (Lipinski definition) is 5. The molecule has 2 heterocycles. The average molecular weight is 509 g/mol. The van der Waals surface area contributed by atoms with Gasteiger partial charge in [0.05, 0.1) is 6.54 Å². The van der Waals surface area contributed by atoms with Crippen LogP contribution in [-0.2, 0) is 6.54 Å². The van der Waals surface area contributed by atoms with Crippen LogP contribution in [-0.4, -0.2) is 67.6 Å². The number of nitrogens with one attached hydrogen (secondary N) is 1. The van der Waals surface area contributed by atoms with Crippen molar-refractivity contribution in [1.29, 1.82) is 0 Å². The molecular formula is C21H32IN7. The van der Waals surface area contributed by atoms with Crippen molar-refractivity contribution < 1.29 is 0 Å². The highest BCUT2D eigenvalue weighted by Gasteiger charge is 2.21. The van der Waals surface area contributed by atoms with E-state index in [1.807, 2.05) is 6.07 Å². The fraction of sp³-hybridized carbons (Fsp3) is 0.476. The Kier molecular flexibility index (Phi) is 8.94. The van der Waals surface area contributed by atoms with Gasteiger partial charge in [-0.25, -0.2) is 15.0 Å². The first-order valence-electron chi connectivity index (χ1n) is 9.90. The van der Waals surface area contributed by atoms with Gasteiger partial charge in [-0.05, 0) is 43.2 Å². The lowest BCUT2D eigenvalue weighted by Crippen LogP contribution is -2.53. The summed E-state index contributed by atoms with van der Waals surface area (Å²) in [5.74, 6) is 1.79. The molecular weight excluding hydrogens is 477 g/mol. The lowest BCUT2D eigenvalue weighted by Gasteiger charge is -2.36. The Morgan fingerprint density at radius 1 is 1.14 bits per heavy atom.